The highest BCUT2D eigenvalue weighted by Gasteiger charge is 2.42. The lowest BCUT2D eigenvalue weighted by atomic mass is 9.80. The minimum atomic E-state index is 0.193. The zero-order chi connectivity index (χ0) is 20.2. The molecule has 1 fully saturated rings. The molecule has 3 aromatic rings. The number of aromatic nitrogens is 1. The molecule has 0 unspecified atom stereocenters. The lowest BCUT2D eigenvalue weighted by molar-refractivity contribution is -0.125. The first-order valence-corrected chi connectivity index (χ1v) is 11.8. The van der Waals surface area contributed by atoms with Gasteiger partial charge >= 0.3 is 0 Å². The molecule has 4 rings (SSSR count). The van der Waals surface area contributed by atoms with Gasteiger partial charge in [-0.2, -0.15) is 0 Å². The Kier molecular flexibility index (Phi) is 6.70. The third kappa shape index (κ3) is 4.43. The molecule has 150 valence electrons. The van der Waals surface area contributed by atoms with E-state index in [1.54, 1.807) is 0 Å². The smallest absolute Gasteiger partial charge is 0.229 e. The first-order valence-electron chi connectivity index (χ1n) is 10.1. The third-order valence-electron chi connectivity index (χ3n) is 5.78. The fourth-order valence-electron chi connectivity index (χ4n) is 4.30. The van der Waals surface area contributed by atoms with Gasteiger partial charge in [0, 0.05) is 33.5 Å². The number of anilines is 1. The fraction of sp³-hybridized carbons (Fsp3) is 0.333. The van der Waals surface area contributed by atoms with Crippen LogP contribution in [0.2, 0.25) is 0 Å². The predicted octanol–water partition coefficient (Wildman–Crippen LogP) is 6.21. The van der Waals surface area contributed by atoms with Crippen LogP contribution in [0.5, 0.6) is 0 Å². The van der Waals surface area contributed by atoms with Crippen molar-refractivity contribution in [2.75, 3.05) is 10.8 Å². The summed E-state index contributed by atoms with van der Waals surface area (Å²) in [5.41, 5.74) is 3.18. The number of carbonyl (C=O) groups excluding carboxylic acids is 1. The zero-order valence-electron chi connectivity index (χ0n) is 16.2. The molecule has 1 aliphatic heterocycles. The zero-order valence-corrected chi connectivity index (χ0v) is 19.1. The summed E-state index contributed by atoms with van der Waals surface area (Å²) in [5.74, 6) is 1.30. The van der Waals surface area contributed by atoms with Gasteiger partial charge in [-0.05, 0) is 71.5 Å². The minimum absolute atomic E-state index is 0.193. The maximum atomic E-state index is 12.7. The molecule has 1 amide bonds. The molecule has 1 aliphatic rings. The maximum absolute atomic E-state index is 12.7. The van der Waals surface area contributed by atoms with Crippen LogP contribution in [0.15, 0.2) is 60.8 Å². The van der Waals surface area contributed by atoms with Gasteiger partial charge in [0.1, 0.15) is 0 Å². The van der Waals surface area contributed by atoms with E-state index in [2.05, 4.69) is 76.1 Å². The van der Waals surface area contributed by atoms with Gasteiger partial charge in [0.15, 0.2) is 0 Å². The molecule has 1 saturated heterocycles. The minimum Gasteiger partial charge on any atom is -0.306 e. The van der Waals surface area contributed by atoms with E-state index in [1.807, 2.05) is 17.2 Å². The van der Waals surface area contributed by atoms with Crippen LogP contribution in [0.1, 0.15) is 31.2 Å². The highest BCUT2D eigenvalue weighted by atomic mass is 127. The molecule has 0 saturated carbocycles. The molecule has 2 aromatic carbocycles. The first kappa shape index (κ1) is 20.6. The average Bonchev–Trinajstić information content (AvgIpc) is 2.74. The summed E-state index contributed by atoms with van der Waals surface area (Å²) in [6.07, 6.45) is 6.58. The van der Waals surface area contributed by atoms with Gasteiger partial charge in [-0.1, -0.05) is 42.8 Å². The largest absolute Gasteiger partial charge is 0.306 e. The summed E-state index contributed by atoms with van der Waals surface area (Å²) < 4.78 is 1.15. The Morgan fingerprint density at radius 3 is 2.69 bits per heavy atom. The molecule has 5 heteroatoms. The molecule has 0 radical (unpaired) electrons. The molecule has 0 aliphatic carbocycles. The fourth-order valence-corrected chi connectivity index (χ4v) is 5.10. The number of nitrogens with zero attached hydrogens (tertiary/aromatic N) is 2. The van der Waals surface area contributed by atoms with E-state index >= 15 is 0 Å². The summed E-state index contributed by atoms with van der Waals surface area (Å²) in [5, 5.41) is 1.10. The van der Waals surface area contributed by atoms with Crippen molar-refractivity contribution in [1.82, 2.24) is 4.98 Å². The Bertz CT molecular complexity index is 995. The van der Waals surface area contributed by atoms with Crippen molar-refractivity contribution >= 4 is 56.7 Å². The highest BCUT2D eigenvalue weighted by Crippen LogP contribution is 2.39. The number of pyridine rings is 1. The van der Waals surface area contributed by atoms with Crippen LogP contribution in [0, 0.1) is 9.49 Å². The predicted molar refractivity (Wildman–Crippen MR) is 129 cm³/mol. The highest BCUT2D eigenvalue weighted by molar-refractivity contribution is 14.1. The van der Waals surface area contributed by atoms with E-state index in [0.717, 1.165) is 45.8 Å². The molecular formula is C24H24ClIN2O. The molecular weight excluding hydrogens is 495 g/mol. The van der Waals surface area contributed by atoms with Gasteiger partial charge in [-0.15, -0.1) is 11.6 Å². The topological polar surface area (TPSA) is 33.2 Å². The number of rotatable bonds is 8. The van der Waals surface area contributed by atoms with Crippen molar-refractivity contribution in [2.24, 2.45) is 5.92 Å². The maximum Gasteiger partial charge on any atom is 0.229 e. The second-order valence-corrected chi connectivity index (χ2v) is 9.18. The average molecular weight is 519 g/mol. The van der Waals surface area contributed by atoms with E-state index < -0.39 is 0 Å². The van der Waals surface area contributed by atoms with Crippen LogP contribution < -0.4 is 4.90 Å². The molecule has 2 heterocycles. The van der Waals surface area contributed by atoms with E-state index in [9.17, 15) is 4.79 Å². The molecule has 0 N–H and O–H groups in total. The first-order chi connectivity index (χ1) is 14.2. The number of hydrogen-bond acceptors (Lipinski definition) is 2. The van der Waals surface area contributed by atoms with Gasteiger partial charge in [0.25, 0.3) is 0 Å². The van der Waals surface area contributed by atoms with E-state index in [0.29, 0.717) is 18.2 Å². The Morgan fingerprint density at radius 2 is 1.93 bits per heavy atom. The molecule has 29 heavy (non-hydrogen) atoms. The molecule has 0 bridgehead atoms. The van der Waals surface area contributed by atoms with Crippen molar-refractivity contribution in [1.29, 1.82) is 0 Å². The molecule has 3 nitrogen and oxygen atoms in total. The van der Waals surface area contributed by atoms with Gasteiger partial charge in [-0.25, -0.2) is 0 Å². The monoisotopic (exact) mass is 518 g/mol. The number of β-lactam (4-membered cyclic amide) rings is 1. The van der Waals surface area contributed by atoms with E-state index in [1.165, 1.54) is 5.56 Å². The quantitative estimate of drug-likeness (QED) is 0.154. The van der Waals surface area contributed by atoms with Crippen LogP contribution >= 0.6 is 34.2 Å². The van der Waals surface area contributed by atoms with Crippen LogP contribution in [-0.2, 0) is 11.2 Å². The Balaban J connectivity index is 1.65. The number of hydrogen-bond donors (Lipinski definition) is 0. The van der Waals surface area contributed by atoms with Crippen molar-refractivity contribution < 1.29 is 4.79 Å². The number of amides is 1. The van der Waals surface area contributed by atoms with Crippen LogP contribution in [-0.4, -0.2) is 22.8 Å². The van der Waals surface area contributed by atoms with Crippen LogP contribution in [0.4, 0.5) is 5.69 Å². The standard InChI is InChI=1S/C24H24ClIN2O/c25-13-5-4-9-18(15-17-7-2-1-3-8-17)22-16-23(29)28(22)21-12-11-20(26)19-10-6-14-27-24(19)21/h1-3,6-8,10-12,14,18,22H,4-5,9,13,15-16H2/t18-,22+/m0/s1. The summed E-state index contributed by atoms with van der Waals surface area (Å²) >= 11 is 8.26. The Hall–Kier alpha value is -1.66. The second-order valence-electron chi connectivity index (χ2n) is 7.64. The van der Waals surface area contributed by atoms with Gasteiger partial charge in [-0.3, -0.25) is 9.78 Å². The lowest BCUT2D eigenvalue weighted by Crippen LogP contribution is -2.57. The van der Waals surface area contributed by atoms with E-state index in [4.69, 9.17) is 11.6 Å². The number of fused-ring (bicyclic) bond motifs is 1. The molecule has 1 aromatic heterocycles. The normalized spacial score (nSPS) is 17.4. The van der Waals surface area contributed by atoms with Gasteiger partial charge in [0.05, 0.1) is 11.2 Å². The number of halogens is 2. The second kappa shape index (κ2) is 9.43. The summed E-state index contributed by atoms with van der Waals surface area (Å²) in [6.45, 7) is 0. The summed E-state index contributed by atoms with van der Waals surface area (Å²) in [7, 11) is 0. The molecule has 2 atom stereocenters. The Morgan fingerprint density at radius 1 is 1.10 bits per heavy atom. The van der Waals surface area contributed by atoms with Crippen molar-refractivity contribution in [3.8, 4) is 0 Å². The summed E-state index contributed by atoms with van der Waals surface area (Å²) in [6, 6.07) is 19.0. The molecule has 0 spiro atoms. The number of benzene rings is 2. The number of alkyl halides is 1. The third-order valence-corrected chi connectivity index (χ3v) is 6.99. The van der Waals surface area contributed by atoms with Crippen LogP contribution in [0.3, 0.4) is 0 Å². The van der Waals surface area contributed by atoms with Crippen molar-refractivity contribution in [2.45, 2.75) is 38.1 Å². The lowest BCUT2D eigenvalue weighted by Gasteiger charge is -2.45. The van der Waals surface area contributed by atoms with Crippen molar-refractivity contribution in [3.63, 3.8) is 0 Å². The van der Waals surface area contributed by atoms with Crippen LogP contribution in [0.25, 0.3) is 10.9 Å². The number of unbranched alkanes of at least 4 members (excludes halogenated alkanes) is 1. The van der Waals surface area contributed by atoms with Gasteiger partial charge < -0.3 is 4.90 Å². The van der Waals surface area contributed by atoms with E-state index in [-0.39, 0.29) is 11.9 Å². The van der Waals surface area contributed by atoms with Gasteiger partial charge in [0.2, 0.25) is 5.91 Å². The SMILES string of the molecule is O=C1C[C@H]([C@@H](CCCCCl)Cc2ccccc2)N1c1ccc(I)c2cccnc12. The summed E-state index contributed by atoms with van der Waals surface area (Å²) in [4.78, 5) is 19.3. The Labute approximate surface area is 190 Å². The van der Waals surface area contributed by atoms with Crippen molar-refractivity contribution in [3.05, 3.63) is 69.9 Å². The number of carbonyl (C=O) groups is 1.